The van der Waals surface area contributed by atoms with Crippen molar-refractivity contribution in [3.63, 3.8) is 0 Å². The van der Waals surface area contributed by atoms with Gasteiger partial charge in [-0.3, -0.25) is 0 Å². The molecule has 1 aromatic heterocycles. The van der Waals surface area contributed by atoms with Gasteiger partial charge in [0, 0.05) is 0 Å². The second-order valence-electron chi connectivity index (χ2n) is 4.80. The van der Waals surface area contributed by atoms with Gasteiger partial charge in [0.2, 0.25) is 0 Å². The smallest absolute Gasteiger partial charge is 0.338 e. The van der Waals surface area contributed by atoms with E-state index in [0.29, 0.717) is 17.1 Å². The summed E-state index contributed by atoms with van der Waals surface area (Å²) in [6.45, 7) is 1.88. The van der Waals surface area contributed by atoms with Crippen LogP contribution in [0.15, 0.2) is 36.4 Å². The Hall–Kier alpha value is -2.37. The van der Waals surface area contributed by atoms with Crippen LogP contribution in [0.4, 0.5) is 17.6 Å². The lowest BCUT2D eigenvalue weighted by Gasteiger charge is -2.08. The number of alkyl halides is 3. The molecule has 0 bridgehead atoms. The number of hydrogen-bond acceptors (Lipinski definition) is 1. The van der Waals surface area contributed by atoms with Crippen LogP contribution >= 0.6 is 0 Å². The van der Waals surface area contributed by atoms with E-state index < -0.39 is 17.6 Å². The Bertz CT molecular complexity index is 818. The first kappa shape index (κ1) is 13.6. The van der Waals surface area contributed by atoms with Gasteiger partial charge < -0.3 is 4.98 Å². The number of hydrogen-bond donors (Lipinski definition) is 1. The van der Waals surface area contributed by atoms with Crippen LogP contribution in [0.3, 0.4) is 0 Å². The summed E-state index contributed by atoms with van der Waals surface area (Å²) in [5, 5.41) is 0. The Morgan fingerprint density at radius 3 is 2.52 bits per heavy atom. The lowest BCUT2D eigenvalue weighted by atomic mass is 10.1. The van der Waals surface area contributed by atoms with E-state index in [4.69, 9.17) is 0 Å². The van der Waals surface area contributed by atoms with Crippen LogP contribution in [0.25, 0.3) is 22.4 Å². The number of halogens is 4. The number of nitrogens with zero attached hydrogens (tertiary/aromatic N) is 1. The van der Waals surface area contributed by atoms with Gasteiger partial charge in [-0.2, -0.15) is 13.2 Å². The lowest BCUT2D eigenvalue weighted by molar-refractivity contribution is -0.137. The third kappa shape index (κ3) is 2.49. The maximum absolute atomic E-state index is 13.8. The van der Waals surface area contributed by atoms with Crippen molar-refractivity contribution < 1.29 is 17.6 Å². The van der Waals surface area contributed by atoms with Gasteiger partial charge in [0.15, 0.2) is 0 Å². The summed E-state index contributed by atoms with van der Waals surface area (Å²) in [4.78, 5) is 7.00. The van der Waals surface area contributed by atoms with E-state index in [2.05, 4.69) is 9.97 Å². The highest BCUT2D eigenvalue weighted by Gasteiger charge is 2.31. The summed E-state index contributed by atoms with van der Waals surface area (Å²) in [6, 6.07) is 7.64. The highest BCUT2D eigenvalue weighted by atomic mass is 19.4. The first-order chi connectivity index (χ1) is 9.84. The van der Waals surface area contributed by atoms with Crippen molar-refractivity contribution in [1.29, 1.82) is 0 Å². The van der Waals surface area contributed by atoms with E-state index in [1.165, 1.54) is 0 Å². The number of benzene rings is 2. The summed E-state index contributed by atoms with van der Waals surface area (Å²) in [6.07, 6.45) is -4.52. The molecule has 0 aliphatic rings. The second kappa shape index (κ2) is 4.58. The van der Waals surface area contributed by atoms with E-state index >= 15 is 0 Å². The van der Waals surface area contributed by atoms with E-state index in [-0.39, 0.29) is 11.4 Å². The van der Waals surface area contributed by atoms with Gasteiger partial charge in [-0.1, -0.05) is 6.07 Å². The predicted octanol–water partition coefficient (Wildman–Crippen LogP) is 4.70. The number of fused-ring (bicyclic) bond motifs is 1. The standard InChI is InChI=1S/C15H10F4N2/c1-8-2-5-12-13(6-8)21-14(20-12)10-7-9(15(17,18)19)3-4-11(10)16/h2-7H,1H3,(H,20,21). The monoisotopic (exact) mass is 294 g/mol. The zero-order chi connectivity index (χ0) is 15.2. The minimum Gasteiger partial charge on any atom is -0.338 e. The number of aromatic amines is 1. The molecule has 6 heteroatoms. The number of H-pyrrole nitrogens is 1. The fourth-order valence-electron chi connectivity index (χ4n) is 2.13. The van der Waals surface area contributed by atoms with Crippen molar-refractivity contribution in [3.05, 3.63) is 53.3 Å². The average Bonchev–Trinajstić information content (AvgIpc) is 2.80. The Kier molecular flexibility index (Phi) is 2.97. The molecule has 3 rings (SSSR count). The molecule has 0 spiro atoms. The third-order valence-electron chi connectivity index (χ3n) is 3.19. The van der Waals surface area contributed by atoms with Crippen molar-refractivity contribution in [2.75, 3.05) is 0 Å². The lowest BCUT2D eigenvalue weighted by Crippen LogP contribution is -2.05. The minimum atomic E-state index is -4.52. The topological polar surface area (TPSA) is 28.7 Å². The van der Waals surface area contributed by atoms with Gasteiger partial charge in [0.1, 0.15) is 11.6 Å². The fourth-order valence-corrected chi connectivity index (χ4v) is 2.13. The molecule has 108 valence electrons. The average molecular weight is 294 g/mol. The van der Waals surface area contributed by atoms with Crippen molar-refractivity contribution >= 4 is 11.0 Å². The zero-order valence-electron chi connectivity index (χ0n) is 10.9. The van der Waals surface area contributed by atoms with Crippen LogP contribution in [0.5, 0.6) is 0 Å². The Balaban J connectivity index is 2.17. The molecular formula is C15H10F4N2. The molecule has 3 aromatic rings. The van der Waals surface area contributed by atoms with Gasteiger partial charge in [-0.25, -0.2) is 9.37 Å². The molecule has 0 aliphatic carbocycles. The van der Waals surface area contributed by atoms with Gasteiger partial charge >= 0.3 is 6.18 Å². The maximum Gasteiger partial charge on any atom is 0.416 e. The number of imidazole rings is 1. The van der Waals surface area contributed by atoms with Crippen LogP contribution in [0, 0.1) is 12.7 Å². The molecule has 1 N–H and O–H groups in total. The van der Waals surface area contributed by atoms with Crippen LogP contribution in [0.2, 0.25) is 0 Å². The molecule has 2 aromatic carbocycles. The maximum atomic E-state index is 13.8. The summed E-state index contributed by atoms with van der Waals surface area (Å²) < 4.78 is 52.0. The van der Waals surface area contributed by atoms with Gasteiger partial charge in [-0.05, 0) is 42.8 Å². The van der Waals surface area contributed by atoms with Gasteiger partial charge in [0.05, 0.1) is 22.2 Å². The Labute approximate surface area is 117 Å². The minimum absolute atomic E-state index is 0.0826. The van der Waals surface area contributed by atoms with Crippen molar-refractivity contribution in [2.45, 2.75) is 13.1 Å². The molecule has 0 radical (unpaired) electrons. The van der Waals surface area contributed by atoms with Crippen molar-refractivity contribution in [1.82, 2.24) is 9.97 Å². The molecule has 0 saturated carbocycles. The zero-order valence-corrected chi connectivity index (χ0v) is 10.9. The van der Waals surface area contributed by atoms with Gasteiger partial charge in [0.25, 0.3) is 0 Å². The number of aryl methyl sites for hydroxylation is 1. The number of rotatable bonds is 1. The molecule has 0 atom stereocenters. The summed E-state index contributed by atoms with van der Waals surface area (Å²) in [5.41, 5.74) is 1.10. The van der Waals surface area contributed by atoms with Crippen LogP contribution in [-0.2, 0) is 6.18 Å². The van der Waals surface area contributed by atoms with E-state index in [9.17, 15) is 17.6 Å². The number of aromatic nitrogens is 2. The summed E-state index contributed by atoms with van der Waals surface area (Å²) in [7, 11) is 0. The normalized spacial score (nSPS) is 12.0. The molecule has 0 amide bonds. The predicted molar refractivity (Wildman–Crippen MR) is 71.2 cm³/mol. The summed E-state index contributed by atoms with van der Waals surface area (Å²) in [5.74, 6) is -0.669. The third-order valence-corrected chi connectivity index (χ3v) is 3.19. The largest absolute Gasteiger partial charge is 0.416 e. The van der Waals surface area contributed by atoms with Crippen molar-refractivity contribution in [2.24, 2.45) is 0 Å². The van der Waals surface area contributed by atoms with Crippen LogP contribution in [0.1, 0.15) is 11.1 Å². The van der Waals surface area contributed by atoms with Crippen LogP contribution in [-0.4, -0.2) is 9.97 Å². The molecule has 21 heavy (non-hydrogen) atoms. The Morgan fingerprint density at radius 1 is 1.05 bits per heavy atom. The Morgan fingerprint density at radius 2 is 1.81 bits per heavy atom. The molecule has 0 unspecified atom stereocenters. The molecule has 2 nitrogen and oxygen atoms in total. The molecular weight excluding hydrogens is 284 g/mol. The van der Waals surface area contributed by atoms with E-state index in [1.54, 1.807) is 12.1 Å². The van der Waals surface area contributed by atoms with E-state index in [0.717, 1.165) is 17.7 Å². The number of nitrogens with one attached hydrogen (secondary N) is 1. The van der Waals surface area contributed by atoms with Crippen LogP contribution < -0.4 is 0 Å². The molecule has 0 saturated heterocycles. The summed E-state index contributed by atoms with van der Waals surface area (Å²) >= 11 is 0. The molecule has 0 fully saturated rings. The highest BCUT2D eigenvalue weighted by Crippen LogP contribution is 2.33. The first-order valence-corrected chi connectivity index (χ1v) is 6.18. The highest BCUT2D eigenvalue weighted by molar-refractivity contribution is 5.80. The quantitative estimate of drug-likeness (QED) is 0.648. The van der Waals surface area contributed by atoms with Crippen molar-refractivity contribution in [3.8, 4) is 11.4 Å². The van der Waals surface area contributed by atoms with Gasteiger partial charge in [-0.15, -0.1) is 0 Å². The fraction of sp³-hybridized carbons (Fsp3) is 0.133. The SMILES string of the molecule is Cc1ccc2nc(-c3cc(C(F)(F)F)ccc3F)[nH]c2c1. The first-order valence-electron chi connectivity index (χ1n) is 6.18. The second-order valence-corrected chi connectivity index (χ2v) is 4.80. The van der Waals surface area contributed by atoms with E-state index in [1.807, 2.05) is 13.0 Å². The molecule has 1 heterocycles. The molecule has 0 aliphatic heterocycles.